The molecule has 0 fully saturated rings. The Morgan fingerprint density at radius 2 is 1.84 bits per heavy atom. The topological polar surface area (TPSA) is 118 Å². The second-order valence-corrected chi connectivity index (χ2v) is 11.4. The first-order valence-electron chi connectivity index (χ1n) is 11.9. The maximum atomic E-state index is 13.7. The van der Waals surface area contributed by atoms with Crippen LogP contribution in [-0.2, 0) is 0 Å². The predicted octanol–water partition coefficient (Wildman–Crippen LogP) is 6.25. The Bertz CT molecular complexity index is 2040. The number of carbonyl (C=O) groups excluding carboxylic acids is 1. The highest BCUT2D eigenvalue weighted by Crippen LogP contribution is 2.32. The Morgan fingerprint density at radius 3 is 2.70 bits per heavy atom. The van der Waals surface area contributed by atoms with E-state index >= 15 is 0 Å². The highest BCUT2D eigenvalue weighted by Gasteiger charge is 2.20. The highest BCUT2D eigenvalue weighted by molar-refractivity contribution is 7.24. The first-order valence-corrected chi connectivity index (χ1v) is 12.7. The van der Waals surface area contributed by atoms with Crippen LogP contribution in [0.25, 0.3) is 64.9 Å². The van der Waals surface area contributed by atoms with Crippen molar-refractivity contribution in [2.24, 2.45) is 5.41 Å². The lowest BCUT2D eigenvalue weighted by molar-refractivity contribution is 0.0867. The van der Waals surface area contributed by atoms with E-state index in [1.165, 1.54) is 11.3 Å². The summed E-state index contributed by atoms with van der Waals surface area (Å²) in [5.41, 5.74) is 5.60. The molecule has 0 radical (unpaired) electrons. The molecule has 7 heterocycles. The van der Waals surface area contributed by atoms with Crippen LogP contribution in [0.5, 0.6) is 0 Å². The van der Waals surface area contributed by atoms with E-state index in [0.717, 1.165) is 42.6 Å². The first-order chi connectivity index (χ1) is 17.8. The van der Waals surface area contributed by atoms with E-state index in [9.17, 15) is 4.79 Å². The summed E-state index contributed by atoms with van der Waals surface area (Å²) in [6.45, 7) is 6.20. The Kier molecular flexibility index (Phi) is 4.58. The number of aromatic nitrogens is 8. The van der Waals surface area contributed by atoms with E-state index in [1.54, 1.807) is 29.4 Å². The summed E-state index contributed by atoms with van der Waals surface area (Å²) >= 11 is 1.50. The lowest BCUT2D eigenvalue weighted by Gasteiger charge is -2.18. The fourth-order valence-electron chi connectivity index (χ4n) is 4.67. The van der Waals surface area contributed by atoms with E-state index in [1.807, 2.05) is 30.3 Å². The number of hydrogen-bond donors (Lipinski definition) is 2. The molecule has 10 heteroatoms. The molecule has 7 rings (SSSR count). The van der Waals surface area contributed by atoms with Crippen molar-refractivity contribution >= 4 is 70.9 Å². The van der Waals surface area contributed by atoms with Crippen LogP contribution < -0.4 is 0 Å². The van der Waals surface area contributed by atoms with E-state index in [2.05, 4.69) is 45.9 Å². The van der Waals surface area contributed by atoms with Crippen molar-refractivity contribution in [1.82, 2.24) is 39.7 Å². The van der Waals surface area contributed by atoms with Crippen LogP contribution in [0.1, 0.15) is 32.0 Å². The number of imidazole rings is 1. The quantitative estimate of drug-likeness (QED) is 0.272. The molecule has 0 saturated heterocycles. The van der Waals surface area contributed by atoms with E-state index in [-0.39, 0.29) is 11.3 Å². The Balaban J connectivity index is 1.69. The van der Waals surface area contributed by atoms with Crippen molar-refractivity contribution in [3.05, 3.63) is 55.1 Å². The monoisotopic (exact) mass is 506 g/mol. The van der Waals surface area contributed by atoms with Gasteiger partial charge < -0.3 is 0 Å². The van der Waals surface area contributed by atoms with Gasteiger partial charge >= 0.3 is 0 Å². The van der Waals surface area contributed by atoms with Gasteiger partial charge in [0.15, 0.2) is 11.3 Å². The average Bonchev–Trinajstić information content (AvgIpc) is 3.60. The van der Waals surface area contributed by atoms with Gasteiger partial charge in [-0.15, -0.1) is 11.3 Å². The second kappa shape index (κ2) is 7.78. The summed E-state index contributed by atoms with van der Waals surface area (Å²) in [6, 6.07) is 9.84. The summed E-state index contributed by atoms with van der Waals surface area (Å²) in [4.78, 5) is 38.0. The van der Waals surface area contributed by atoms with Gasteiger partial charge in [-0.2, -0.15) is 0 Å². The van der Waals surface area contributed by atoms with E-state index < -0.39 is 0 Å². The molecule has 5 aromatic rings. The fraction of sp³-hybridized carbons (Fsp3) is 0.185. The molecule has 8 bridgehead atoms. The molecule has 0 aliphatic carbocycles. The van der Waals surface area contributed by atoms with Crippen LogP contribution in [0, 0.1) is 5.41 Å². The number of hydrogen-bond acceptors (Lipinski definition) is 7. The Hall–Kier alpha value is -4.44. The minimum absolute atomic E-state index is 0.00169. The van der Waals surface area contributed by atoms with Crippen LogP contribution in [0.4, 0.5) is 0 Å². The van der Waals surface area contributed by atoms with Gasteiger partial charge in [-0.3, -0.25) is 29.5 Å². The van der Waals surface area contributed by atoms with Gasteiger partial charge in [-0.25, -0.2) is 15.0 Å². The average molecular weight is 507 g/mol. The van der Waals surface area contributed by atoms with E-state index in [0.29, 0.717) is 28.7 Å². The predicted molar refractivity (Wildman–Crippen MR) is 146 cm³/mol. The van der Waals surface area contributed by atoms with Crippen LogP contribution in [-0.4, -0.2) is 45.6 Å². The molecule has 2 N–H and O–H groups in total. The third-order valence-corrected chi connectivity index (χ3v) is 7.40. The second-order valence-electron chi connectivity index (χ2n) is 10.4. The molecule has 2 aliphatic heterocycles. The van der Waals surface area contributed by atoms with Crippen molar-refractivity contribution < 1.29 is 4.79 Å². The van der Waals surface area contributed by atoms with Crippen LogP contribution >= 0.6 is 11.3 Å². The van der Waals surface area contributed by atoms with Crippen molar-refractivity contribution in [2.75, 3.05) is 0 Å². The molecule has 0 unspecified atom stereocenters. The smallest absolute Gasteiger partial charge is 0.232 e. The molecule has 9 nitrogen and oxygen atoms in total. The SMILES string of the molecule is CC(C)(C)CC(=O)n1c2cncc(c2)c2cnc3[nH][nH]c(c4nc5ccnc(c6ccc1s6)c5n4)-c3c2. The minimum Gasteiger partial charge on any atom is -0.295 e. The third kappa shape index (κ3) is 3.60. The van der Waals surface area contributed by atoms with Gasteiger partial charge in [0, 0.05) is 41.3 Å². The maximum absolute atomic E-state index is 13.7. The van der Waals surface area contributed by atoms with Gasteiger partial charge in [0.05, 0.1) is 21.9 Å². The largest absolute Gasteiger partial charge is 0.295 e. The van der Waals surface area contributed by atoms with Crippen molar-refractivity contribution in [3.8, 4) is 11.3 Å². The number of nitrogens with one attached hydrogen (secondary N) is 2. The molecule has 182 valence electrons. The van der Waals surface area contributed by atoms with Crippen LogP contribution in [0.15, 0.2) is 55.1 Å². The van der Waals surface area contributed by atoms with Crippen LogP contribution in [0.3, 0.4) is 0 Å². The molecule has 2 aliphatic rings. The third-order valence-electron chi connectivity index (χ3n) is 6.33. The summed E-state index contributed by atoms with van der Waals surface area (Å²) in [5.74, 6) is 0.00169. The van der Waals surface area contributed by atoms with Gasteiger partial charge in [-0.1, -0.05) is 20.8 Å². The van der Waals surface area contributed by atoms with Crippen molar-refractivity contribution in [1.29, 1.82) is 0 Å². The summed E-state index contributed by atoms with van der Waals surface area (Å²) in [7, 11) is 0. The fourth-order valence-corrected chi connectivity index (χ4v) is 5.71. The molecule has 0 amide bonds. The molecule has 0 atom stereocenters. The number of aromatic amines is 2. The molecular weight excluding hydrogens is 484 g/mol. The standard InChI is InChI=1S/C27H22N8OS/c1-27(2,3)10-20(36)35-16-8-14(11-28-13-16)15-9-17-22(33-34-25(17)30-12-15)26-31-18-6-7-29-24(23(18)32-26)19-4-5-21(35)37-19/h4-9,11-13,33H,10H2,1-3H3,(H,30,34). The van der Waals surface area contributed by atoms with Crippen molar-refractivity contribution in [3.63, 3.8) is 0 Å². The molecular formula is C27H22N8OS. The summed E-state index contributed by atoms with van der Waals surface area (Å²) in [5, 5.41) is 8.04. The lowest BCUT2D eigenvalue weighted by Crippen LogP contribution is -2.19. The van der Waals surface area contributed by atoms with Crippen LogP contribution in [0.2, 0.25) is 0 Å². The first kappa shape index (κ1) is 21.8. The van der Waals surface area contributed by atoms with Gasteiger partial charge in [0.25, 0.3) is 0 Å². The Labute approximate surface area is 214 Å². The summed E-state index contributed by atoms with van der Waals surface area (Å²) in [6.07, 6.45) is 7.44. The van der Waals surface area contributed by atoms with Gasteiger partial charge in [0.1, 0.15) is 21.6 Å². The lowest BCUT2D eigenvalue weighted by atomic mass is 9.92. The zero-order chi connectivity index (χ0) is 25.3. The number of thiophene rings is 1. The van der Waals surface area contributed by atoms with Gasteiger partial charge in [-0.05, 0) is 35.7 Å². The number of rotatable bonds is 1. The molecule has 0 spiro atoms. The van der Waals surface area contributed by atoms with E-state index in [4.69, 9.17) is 9.97 Å². The molecule has 37 heavy (non-hydrogen) atoms. The number of nitrogens with zero attached hydrogens (tertiary/aromatic N) is 6. The highest BCUT2D eigenvalue weighted by atomic mass is 32.1. The zero-order valence-electron chi connectivity index (χ0n) is 20.4. The number of fused-ring (bicyclic) bond motifs is 9. The number of carbonyl (C=O) groups is 1. The normalized spacial score (nSPS) is 12.4. The number of pyridine rings is 3. The summed E-state index contributed by atoms with van der Waals surface area (Å²) < 4.78 is 2.67. The van der Waals surface area contributed by atoms with Crippen molar-refractivity contribution in [2.45, 2.75) is 27.2 Å². The molecule has 0 saturated carbocycles. The number of H-pyrrole nitrogens is 2. The zero-order valence-corrected chi connectivity index (χ0v) is 21.2. The maximum Gasteiger partial charge on any atom is 0.232 e. The minimum atomic E-state index is -0.177. The van der Waals surface area contributed by atoms with Gasteiger partial charge in [0.2, 0.25) is 5.91 Å². The molecule has 5 aromatic heterocycles. The Morgan fingerprint density at radius 1 is 0.973 bits per heavy atom. The molecule has 0 aromatic carbocycles.